The quantitative estimate of drug-likeness (QED) is 0.652. The van der Waals surface area contributed by atoms with E-state index in [0.717, 1.165) is 18.4 Å². The van der Waals surface area contributed by atoms with Crippen LogP contribution in [0.5, 0.6) is 0 Å². The zero-order valence-electron chi connectivity index (χ0n) is 15.4. The molecule has 0 aromatic heterocycles. The van der Waals surface area contributed by atoms with Gasteiger partial charge in [0, 0.05) is 16.7 Å². The molecule has 1 unspecified atom stereocenters. The molecule has 4 aliphatic carbocycles. The summed E-state index contributed by atoms with van der Waals surface area (Å²) in [4.78, 5) is 24.4. The lowest BCUT2D eigenvalue weighted by Gasteiger charge is -2.65. The minimum Gasteiger partial charge on any atom is -0.393 e. The summed E-state index contributed by atoms with van der Waals surface area (Å²) in [7, 11) is 0. The van der Waals surface area contributed by atoms with Gasteiger partial charge in [-0.1, -0.05) is 18.6 Å². The zero-order chi connectivity index (χ0) is 19.2. The summed E-state index contributed by atoms with van der Waals surface area (Å²) < 4.78 is 5.70. The molecule has 1 saturated heterocycles. The normalized spacial score (nSPS) is 52.8. The van der Waals surface area contributed by atoms with Gasteiger partial charge in [-0.3, -0.25) is 9.59 Å². The average molecular weight is 374 g/mol. The second-order valence-electron chi connectivity index (χ2n) is 9.31. The molecule has 1 spiro atoms. The maximum Gasteiger partial charge on any atom is 0.193 e. The van der Waals surface area contributed by atoms with Crippen LogP contribution in [0.2, 0.25) is 0 Å². The molecule has 5 rings (SSSR count). The predicted octanol–water partition coefficient (Wildman–Crippen LogP) is 0.546. The number of hydrogen-bond donors (Lipinski definition) is 3. The second-order valence-corrected chi connectivity index (χ2v) is 9.31. The van der Waals surface area contributed by atoms with Gasteiger partial charge in [-0.25, -0.2) is 0 Å². The first-order chi connectivity index (χ1) is 12.8. The van der Waals surface area contributed by atoms with E-state index < -0.39 is 35.6 Å². The Morgan fingerprint density at radius 1 is 1.37 bits per heavy atom. The number of fused-ring (bicyclic) bond motifs is 4. The molecule has 5 aliphatic rings. The average Bonchev–Trinajstić information content (AvgIpc) is 2.79. The minimum absolute atomic E-state index is 0.000986. The van der Waals surface area contributed by atoms with Crippen LogP contribution in [-0.4, -0.2) is 57.9 Å². The largest absolute Gasteiger partial charge is 0.393 e. The van der Waals surface area contributed by atoms with E-state index in [1.165, 1.54) is 0 Å². The highest BCUT2D eigenvalue weighted by Gasteiger charge is 2.79. The third kappa shape index (κ3) is 1.85. The third-order valence-corrected chi connectivity index (χ3v) is 8.52. The first-order valence-electron chi connectivity index (χ1n) is 9.88. The van der Waals surface area contributed by atoms with Gasteiger partial charge in [0.1, 0.15) is 6.61 Å². The molecular weight excluding hydrogens is 348 g/mol. The maximum atomic E-state index is 12.6. The summed E-state index contributed by atoms with van der Waals surface area (Å²) in [5.41, 5.74) is -1.27. The van der Waals surface area contributed by atoms with Gasteiger partial charge in [0.05, 0.1) is 18.8 Å². The van der Waals surface area contributed by atoms with Crippen molar-refractivity contribution in [2.24, 2.45) is 28.6 Å². The number of ether oxygens (including phenoxy) is 1. The smallest absolute Gasteiger partial charge is 0.193 e. The van der Waals surface area contributed by atoms with Crippen molar-refractivity contribution in [3.63, 3.8) is 0 Å². The Morgan fingerprint density at radius 2 is 2.15 bits per heavy atom. The molecule has 0 bridgehead atoms. The molecule has 1 aliphatic heterocycles. The number of rotatable bonds is 2. The monoisotopic (exact) mass is 374 g/mol. The summed E-state index contributed by atoms with van der Waals surface area (Å²) in [6.07, 6.45) is 6.09. The Kier molecular flexibility index (Phi) is 3.53. The molecule has 0 radical (unpaired) electrons. The number of hydrogen-bond acceptors (Lipinski definition) is 6. The molecule has 146 valence electrons. The van der Waals surface area contributed by atoms with Gasteiger partial charge < -0.3 is 20.1 Å². The van der Waals surface area contributed by atoms with Crippen molar-refractivity contribution in [2.45, 2.75) is 50.4 Å². The molecule has 6 nitrogen and oxygen atoms in total. The maximum absolute atomic E-state index is 12.6. The number of allylic oxidation sites excluding steroid dienone is 4. The lowest BCUT2D eigenvalue weighted by molar-refractivity contribution is -0.301. The van der Waals surface area contributed by atoms with E-state index in [1.807, 2.05) is 6.08 Å². The number of carbonyl (C=O) groups is 2. The fraction of sp³-hybridized carbons (Fsp3) is 0.714. The van der Waals surface area contributed by atoms with E-state index in [1.54, 1.807) is 12.2 Å². The van der Waals surface area contributed by atoms with Crippen LogP contribution in [0.15, 0.2) is 23.8 Å². The van der Waals surface area contributed by atoms with E-state index >= 15 is 0 Å². The molecule has 3 saturated carbocycles. The first kappa shape index (κ1) is 17.7. The lowest BCUT2D eigenvalue weighted by atomic mass is 9.45. The van der Waals surface area contributed by atoms with E-state index in [4.69, 9.17) is 4.74 Å². The Bertz CT molecular complexity index is 786. The van der Waals surface area contributed by atoms with Crippen LogP contribution in [0.3, 0.4) is 0 Å². The van der Waals surface area contributed by atoms with Crippen molar-refractivity contribution in [1.82, 2.24) is 0 Å². The van der Waals surface area contributed by atoms with Crippen molar-refractivity contribution in [3.05, 3.63) is 23.8 Å². The minimum atomic E-state index is -1.37. The van der Waals surface area contributed by atoms with Gasteiger partial charge in [0.2, 0.25) is 0 Å². The summed E-state index contributed by atoms with van der Waals surface area (Å²) in [5, 5.41) is 31.5. The second kappa shape index (κ2) is 5.38. The fourth-order valence-electron chi connectivity index (χ4n) is 7.45. The molecule has 6 heteroatoms. The molecule has 3 N–H and O–H groups in total. The van der Waals surface area contributed by atoms with E-state index in [-0.39, 0.29) is 29.0 Å². The summed E-state index contributed by atoms with van der Waals surface area (Å²) >= 11 is 0. The van der Waals surface area contributed by atoms with Crippen LogP contribution in [0.4, 0.5) is 0 Å². The Morgan fingerprint density at radius 3 is 2.81 bits per heavy atom. The lowest BCUT2D eigenvalue weighted by Crippen LogP contribution is -2.74. The Hall–Kier alpha value is -1.34. The van der Waals surface area contributed by atoms with Crippen molar-refractivity contribution in [3.8, 4) is 0 Å². The fourth-order valence-corrected chi connectivity index (χ4v) is 7.45. The molecule has 0 amide bonds. The number of carbonyl (C=O) groups excluding carboxylic acids is 2. The molecule has 1 heterocycles. The van der Waals surface area contributed by atoms with E-state index in [9.17, 15) is 24.9 Å². The van der Waals surface area contributed by atoms with Gasteiger partial charge >= 0.3 is 0 Å². The molecular formula is C21H26O6. The molecule has 4 fully saturated rings. The molecule has 27 heavy (non-hydrogen) atoms. The van der Waals surface area contributed by atoms with Gasteiger partial charge in [0.15, 0.2) is 17.2 Å². The number of aliphatic hydroxyl groups excluding tert-OH is 3. The Labute approximate surface area is 157 Å². The number of ketones is 2. The summed E-state index contributed by atoms with van der Waals surface area (Å²) in [6.45, 7) is 1.77. The zero-order valence-corrected chi connectivity index (χ0v) is 15.4. The van der Waals surface area contributed by atoms with Crippen LogP contribution >= 0.6 is 0 Å². The SMILES string of the molecule is C[C@]12C=CC(=O)C=C1CC[C@@H]1C2[C@@H](O)C[C@]23CO[C@]2(C(=O)CO)[C@H](O)C[C@@H]13. The highest BCUT2D eigenvalue weighted by Crippen LogP contribution is 2.71. The van der Waals surface area contributed by atoms with Crippen LogP contribution in [0.1, 0.15) is 32.6 Å². The predicted molar refractivity (Wildman–Crippen MR) is 94.5 cm³/mol. The van der Waals surface area contributed by atoms with Crippen LogP contribution in [-0.2, 0) is 14.3 Å². The molecule has 8 atom stereocenters. The number of Topliss-reactive ketones (excluding diaryl/α,β-unsaturated/α-hetero) is 1. The summed E-state index contributed by atoms with van der Waals surface area (Å²) in [6, 6.07) is 0. The van der Waals surface area contributed by atoms with Gasteiger partial charge in [-0.15, -0.1) is 0 Å². The molecule has 0 aromatic rings. The molecule has 0 aromatic carbocycles. The van der Waals surface area contributed by atoms with Crippen molar-refractivity contribution in [1.29, 1.82) is 0 Å². The van der Waals surface area contributed by atoms with Crippen molar-refractivity contribution in [2.75, 3.05) is 13.2 Å². The van der Waals surface area contributed by atoms with Crippen LogP contribution in [0.25, 0.3) is 0 Å². The van der Waals surface area contributed by atoms with Crippen LogP contribution < -0.4 is 0 Å². The first-order valence-corrected chi connectivity index (χ1v) is 9.88. The summed E-state index contributed by atoms with van der Waals surface area (Å²) in [5.74, 6) is -0.320. The topological polar surface area (TPSA) is 104 Å². The van der Waals surface area contributed by atoms with Crippen LogP contribution in [0, 0.1) is 28.6 Å². The Balaban J connectivity index is 1.58. The van der Waals surface area contributed by atoms with Gasteiger partial charge in [-0.05, 0) is 49.7 Å². The number of aliphatic hydroxyl groups is 3. The van der Waals surface area contributed by atoms with E-state index in [0.29, 0.717) is 19.4 Å². The van der Waals surface area contributed by atoms with Crippen molar-refractivity contribution < 1.29 is 29.6 Å². The van der Waals surface area contributed by atoms with Gasteiger partial charge in [-0.2, -0.15) is 0 Å². The van der Waals surface area contributed by atoms with Gasteiger partial charge in [0.25, 0.3) is 0 Å². The van der Waals surface area contributed by atoms with E-state index in [2.05, 4.69) is 6.92 Å². The third-order valence-electron chi connectivity index (χ3n) is 8.52. The standard InChI is InChI=1S/C21H26O6/c1-19-5-4-12(23)6-11(19)2-3-13-14-7-16(25)21(17(26)9-22)20(14,10-27-21)8-15(24)18(13)19/h4-6,13-16,18,22,24-25H,2-3,7-10H2,1H3/t13-,14-,15-,16+,18?,19-,20+,21-/m0/s1. The highest BCUT2D eigenvalue weighted by atomic mass is 16.6. The highest BCUT2D eigenvalue weighted by molar-refractivity contribution is 6.01. The van der Waals surface area contributed by atoms with Crippen molar-refractivity contribution >= 4 is 11.6 Å².